The lowest BCUT2D eigenvalue weighted by atomic mass is 10.1. The van der Waals surface area contributed by atoms with Crippen LogP contribution < -0.4 is 19.1 Å². The summed E-state index contributed by atoms with van der Waals surface area (Å²) in [4.78, 5) is 22.0. The predicted molar refractivity (Wildman–Crippen MR) is 121 cm³/mol. The monoisotopic (exact) mass is 421 g/mol. The number of aromatic nitrogens is 1. The summed E-state index contributed by atoms with van der Waals surface area (Å²) in [6, 6.07) is 13.3. The molecule has 1 aliphatic rings. The number of benzene rings is 2. The van der Waals surface area contributed by atoms with Crippen LogP contribution in [0.15, 0.2) is 42.5 Å². The minimum absolute atomic E-state index is 0.00933. The predicted octanol–water partition coefficient (Wildman–Crippen LogP) is 3.53. The molecule has 7 nitrogen and oxygen atoms in total. The summed E-state index contributed by atoms with van der Waals surface area (Å²) in [5.74, 6) is 2.83. The van der Waals surface area contributed by atoms with E-state index in [-0.39, 0.29) is 5.91 Å². The van der Waals surface area contributed by atoms with Crippen LogP contribution in [0, 0.1) is 6.92 Å². The SMILES string of the molecule is COc1ccc(C(=O)N2CCN(c3cc(C)c4cccc(OC)c4n3)CC2)cc1OC. The maximum atomic E-state index is 13.0. The fraction of sp³-hybridized carbons (Fsp3) is 0.333. The number of nitrogens with zero attached hydrogens (tertiary/aromatic N) is 3. The van der Waals surface area contributed by atoms with Gasteiger partial charge in [0.1, 0.15) is 17.1 Å². The molecule has 1 fully saturated rings. The summed E-state index contributed by atoms with van der Waals surface area (Å²) in [7, 11) is 4.81. The van der Waals surface area contributed by atoms with E-state index >= 15 is 0 Å². The van der Waals surface area contributed by atoms with Gasteiger partial charge in [-0.2, -0.15) is 0 Å². The lowest BCUT2D eigenvalue weighted by molar-refractivity contribution is 0.0746. The highest BCUT2D eigenvalue weighted by atomic mass is 16.5. The van der Waals surface area contributed by atoms with Gasteiger partial charge in [0.2, 0.25) is 0 Å². The first kappa shape index (κ1) is 20.8. The lowest BCUT2D eigenvalue weighted by Crippen LogP contribution is -2.49. The summed E-state index contributed by atoms with van der Waals surface area (Å²) in [5.41, 5.74) is 2.61. The van der Waals surface area contributed by atoms with Gasteiger partial charge in [0, 0.05) is 37.1 Å². The van der Waals surface area contributed by atoms with Crippen molar-refractivity contribution in [1.29, 1.82) is 0 Å². The Balaban J connectivity index is 1.51. The molecule has 0 N–H and O–H groups in total. The van der Waals surface area contributed by atoms with Crippen molar-refractivity contribution in [2.75, 3.05) is 52.4 Å². The number of hydrogen-bond acceptors (Lipinski definition) is 6. The van der Waals surface area contributed by atoms with Crippen molar-refractivity contribution >= 4 is 22.6 Å². The van der Waals surface area contributed by atoms with Crippen molar-refractivity contribution in [3.05, 3.63) is 53.6 Å². The Morgan fingerprint density at radius 2 is 1.58 bits per heavy atom. The van der Waals surface area contributed by atoms with E-state index in [1.807, 2.05) is 17.0 Å². The molecular weight excluding hydrogens is 394 g/mol. The second-order valence-corrected chi connectivity index (χ2v) is 7.50. The van der Waals surface area contributed by atoms with Crippen LogP contribution in [-0.4, -0.2) is 63.3 Å². The molecule has 0 aliphatic carbocycles. The normalized spacial score (nSPS) is 13.9. The van der Waals surface area contributed by atoms with E-state index < -0.39 is 0 Å². The number of aryl methyl sites for hydroxylation is 1. The molecule has 0 atom stereocenters. The van der Waals surface area contributed by atoms with Crippen LogP contribution in [0.25, 0.3) is 10.9 Å². The summed E-state index contributed by atoms with van der Waals surface area (Å²) in [5, 5.41) is 1.09. The summed E-state index contributed by atoms with van der Waals surface area (Å²) >= 11 is 0. The van der Waals surface area contributed by atoms with Gasteiger partial charge in [-0.15, -0.1) is 0 Å². The van der Waals surface area contributed by atoms with Crippen molar-refractivity contribution in [2.24, 2.45) is 0 Å². The van der Waals surface area contributed by atoms with E-state index in [1.165, 1.54) is 0 Å². The van der Waals surface area contributed by atoms with Crippen LogP contribution in [0.5, 0.6) is 17.2 Å². The number of rotatable bonds is 5. The average molecular weight is 421 g/mol. The summed E-state index contributed by atoms with van der Waals surface area (Å²) in [6.07, 6.45) is 0. The number of para-hydroxylation sites is 1. The van der Waals surface area contributed by atoms with Crippen LogP contribution in [0.2, 0.25) is 0 Å². The van der Waals surface area contributed by atoms with Gasteiger partial charge in [-0.05, 0) is 42.8 Å². The van der Waals surface area contributed by atoms with Gasteiger partial charge in [0.05, 0.1) is 21.3 Å². The van der Waals surface area contributed by atoms with Gasteiger partial charge in [-0.3, -0.25) is 4.79 Å². The first-order valence-corrected chi connectivity index (χ1v) is 10.3. The molecule has 0 saturated carbocycles. The first-order valence-electron chi connectivity index (χ1n) is 10.3. The van der Waals surface area contributed by atoms with E-state index in [1.54, 1.807) is 39.5 Å². The number of amides is 1. The fourth-order valence-corrected chi connectivity index (χ4v) is 3.99. The van der Waals surface area contributed by atoms with Crippen molar-refractivity contribution in [2.45, 2.75) is 6.92 Å². The third-order valence-electron chi connectivity index (χ3n) is 5.74. The molecule has 4 rings (SSSR count). The number of fused-ring (bicyclic) bond motifs is 1. The van der Waals surface area contributed by atoms with Crippen LogP contribution >= 0.6 is 0 Å². The molecule has 1 amide bonds. The molecule has 1 saturated heterocycles. The highest BCUT2D eigenvalue weighted by Gasteiger charge is 2.24. The van der Waals surface area contributed by atoms with E-state index in [9.17, 15) is 4.79 Å². The molecule has 0 unspecified atom stereocenters. The number of ether oxygens (including phenoxy) is 3. The van der Waals surface area contributed by atoms with Gasteiger partial charge >= 0.3 is 0 Å². The Kier molecular flexibility index (Phi) is 5.84. The number of hydrogen-bond donors (Lipinski definition) is 0. The molecule has 2 aromatic carbocycles. The Morgan fingerprint density at radius 3 is 2.26 bits per heavy atom. The zero-order chi connectivity index (χ0) is 22.0. The van der Waals surface area contributed by atoms with Crippen molar-refractivity contribution in [3.63, 3.8) is 0 Å². The third-order valence-corrected chi connectivity index (χ3v) is 5.74. The first-order chi connectivity index (χ1) is 15.0. The van der Waals surface area contributed by atoms with Crippen molar-refractivity contribution in [3.8, 4) is 17.2 Å². The topological polar surface area (TPSA) is 64.1 Å². The Hall–Kier alpha value is -3.48. The summed E-state index contributed by atoms with van der Waals surface area (Å²) in [6.45, 7) is 4.76. The van der Waals surface area contributed by atoms with Gasteiger partial charge in [0.25, 0.3) is 5.91 Å². The van der Waals surface area contributed by atoms with E-state index in [2.05, 4.69) is 24.0 Å². The fourth-order valence-electron chi connectivity index (χ4n) is 3.99. The van der Waals surface area contributed by atoms with Crippen LogP contribution in [-0.2, 0) is 0 Å². The molecule has 3 aromatic rings. The van der Waals surface area contributed by atoms with Crippen molar-refractivity contribution < 1.29 is 19.0 Å². The lowest BCUT2D eigenvalue weighted by Gasteiger charge is -2.35. The largest absolute Gasteiger partial charge is 0.494 e. The smallest absolute Gasteiger partial charge is 0.254 e. The van der Waals surface area contributed by atoms with E-state index in [0.29, 0.717) is 43.2 Å². The minimum atomic E-state index is -0.00933. The Bertz CT molecular complexity index is 1110. The minimum Gasteiger partial charge on any atom is -0.494 e. The van der Waals surface area contributed by atoms with Gasteiger partial charge in [-0.25, -0.2) is 4.98 Å². The number of carbonyl (C=O) groups is 1. The maximum Gasteiger partial charge on any atom is 0.254 e. The molecule has 7 heteroatoms. The second kappa shape index (κ2) is 8.71. The number of piperazine rings is 1. The Morgan fingerprint density at radius 1 is 0.871 bits per heavy atom. The summed E-state index contributed by atoms with van der Waals surface area (Å²) < 4.78 is 16.1. The average Bonchev–Trinajstić information content (AvgIpc) is 2.82. The standard InChI is InChI=1S/C24H27N3O4/c1-16-14-22(25-23-18(16)6-5-7-20(23)30-3)26-10-12-27(13-11-26)24(28)17-8-9-19(29-2)21(15-17)31-4/h5-9,14-15H,10-13H2,1-4H3. The molecule has 1 aromatic heterocycles. The van der Waals surface area contributed by atoms with Crippen LogP contribution in [0.1, 0.15) is 15.9 Å². The third kappa shape index (κ3) is 3.95. The van der Waals surface area contributed by atoms with Gasteiger partial charge < -0.3 is 24.0 Å². The van der Waals surface area contributed by atoms with E-state index in [0.717, 1.165) is 28.0 Å². The maximum absolute atomic E-state index is 13.0. The highest BCUT2D eigenvalue weighted by molar-refractivity contribution is 5.95. The van der Waals surface area contributed by atoms with Gasteiger partial charge in [0.15, 0.2) is 11.5 Å². The Labute approximate surface area is 182 Å². The molecule has 0 radical (unpaired) electrons. The van der Waals surface area contributed by atoms with Crippen LogP contribution in [0.3, 0.4) is 0 Å². The number of pyridine rings is 1. The number of anilines is 1. The molecule has 1 aliphatic heterocycles. The molecular formula is C24H27N3O4. The molecule has 162 valence electrons. The molecule has 0 bridgehead atoms. The zero-order valence-electron chi connectivity index (χ0n) is 18.3. The molecule has 2 heterocycles. The quantitative estimate of drug-likeness (QED) is 0.628. The van der Waals surface area contributed by atoms with E-state index in [4.69, 9.17) is 19.2 Å². The molecule has 31 heavy (non-hydrogen) atoms. The zero-order valence-corrected chi connectivity index (χ0v) is 18.3. The number of methoxy groups -OCH3 is 3. The molecule has 0 spiro atoms. The highest BCUT2D eigenvalue weighted by Crippen LogP contribution is 2.30. The van der Waals surface area contributed by atoms with Crippen molar-refractivity contribution in [1.82, 2.24) is 9.88 Å². The second-order valence-electron chi connectivity index (χ2n) is 7.50. The van der Waals surface area contributed by atoms with Crippen LogP contribution in [0.4, 0.5) is 5.82 Å². The number of carbonyl (C=O) groups excluding carboxylic acids is 1. The van der Waals surface area contributed by atoms with Gasteiger partial charge in [-0.1, -0.05) is 12.1 Å².